The Hall–Kier alpha value is -2.48. The van der Waals surface area contributed by atoms with E-state index in [2.05, 4.69) is 14.8 Å². The number of nitrogens with zero attached hydrogens (tertiary/aromatic N) is 5. The fraction of sp³-hybridized carbons (Fsp3) is 0.524. The Kier molecular flexibility index (Phi) is 5.29. The van der Waals surface area contributed by atoms with Gasteiger partial charge in [0.2, 0.25) is 0 Å². The smallest absolute Gasteiger partial charge is 0.320 e. The largest absolute Gasteiger partial charge is 0.353 e. The number of likely N-dealkylation sites (N-methyl/N-ethyl adjacent to an activating group) is 1. The van der Waals surface area contributed by atoms with Gasteiger partial charge in [0, 0.05) is 39.3 Å². The number of anilines is 1. The van der Waals surface area contributed by atoms with Crippen molar-refractivity contribution in [3.05, 3.63) is 48.2 Å². The van der Waals surface area contributed by atoms with Gasteiger partial charge >= 0.3 is 6.03 Å². The Morgan fingerprint density at radius 3 is 2.59 bits per heavy atom. The molecule has 0 aromatic carbocycles. The summed E-state index contributed by atoms with van der Waals surface area (Å²) >= 11 is 0. The molecule has 1 aromatic heterocycles. The second-order valence-electron chi connectivity index (χ2n) is 8.12. The maximum atomic E-state index is 14.0. The summed E-state index contributed by atoms with van der Waals surface area (Å²) in [7, 11) is 1.98. The van der Waals surface area contributed by atoms with E-state index in [1.54, 1.807) is 12.1 Å². The highest BCUT2D eigenvalue weighted by molar-refractivity contribution is 5.76. The zero-order valence-electron chi connectivity index (χ0n) is 16.9. The number of carbonyl (C=O) groups is 1. The molecule has 6 nitrogen and oxygen atoms in total. The van der Waals surface area contributed by atoms with Crippen LogP contribution < -0.4 is 4.90 Å². The minimum atomic E-state index is -0.565. The van der Waals surface area contributed by atoms with Crippen LogP contribution in [0, 0.1) is 5.82 Å². The lowest BCUT2D eigenvalue weighted by atomic mass is 9.85. The summed E-state index contributed by atoms with van der Waals surface area (Å²) < 4.78 is 27.1. The molecule has 2 amide bonds. The number of carbonyl (C=O) groups excluding carboxylic acids is 1. The summed E-state index contributed by atoms with van der Waals surface area (Å²) in [6.07, 6.45) is 6.96. The number of allylic oxidation sites excluding steroid dienone is 2. The maximum Gasteiger partial charge on any atom is 0.320 e. The number of rotatable bonds is 1. The molecule has 0 saturated carbocycles. The van der Waals surface area contributed by atoms with E-state index in [9.17, 15) is 13.6 Å². The SMILES string of the molecule is CN1CCCN(C(=O)N2CCN(c3ccc(F)cn3)CC2)C2C=CC(F)=CC21C. The molecule has 2 fully saturated rings. The highest BCUT2D eigenvalue weighted by atomic mass is 19.1. The number of halogens is 2. The van der Waals surface area contributed by atoms with Crippen molar-refractivity contribution in [1.82, 2.24) is 19.7 Å². The van der Waals surface area contributed by atoms with Gasteiger partial charge in [-0.15, -0.1) is 0 Å². The van der Waals surface area contributed by atoms with Gasteiger partial charge in [-0.1, -0.05) is 6.08 Å². The van der Waals surface area contributed by atoms with Gasteiger partial charge in [-0.05, 0) is 44.7 Å². The number of piperazine rings is 1. The van der Waals surface area contributed by atoms with Gasteiger partial charge in [0.1, 0.15) is 17.5 Å². The maximum absolute atomic E-state index is 14.0. The van der Waals surface area contributed by atoms with Crippen molar-refractivity contribution in [3.63, 3.8) is 0 Å². The van der Waals surface area contributed by atoms with Crippen LogP contribution in [0.3, 0.4) is 0 Å². The van der Waals surface area contributed by atoms with Crippen LogP contribution in [-0.4, -0.2) is 83.6 Å². The monoisotopic (exact) mass is 403 g/mol. The molecule has 1 aromatic rings. The van der Waals surface area contributed by atoms with Crippen LogP contribution in [0.1, 0.15) is 13.3 Å². The van der Waals surface area contributed by atoms with Crippen molar-refractivity contribution in [3.8, 4) is 0 Å². The van der Waals surface area contributed by atoms with E-state index in [4.69, 9.17) is 0 Å². The van der Waals surface area contributed by atoms with Crippen LogP contribution in [0.2, 0.25) is 0 Å². The summed E-state index contributed by atoms with van der Waals surface area (Å²) in [6.45, 7) is 5.86. The molecule has 0 bridgehead atoms. The first-order valence-corrected chi connectivity index (χ1v) is 10.1. The van der Waals surface area contributed by atoms with Crippen molar-refractivity contribution in [2.75, 3.05) is 51.2 Å². The first kappa shape index (κ1) is 19.8. The number of urea groups is 1. The van der Waals surface area contributed by atoms with Gasteiger partial charge in [-0.3, -0.25) is 4.90 Å². The van der Waals surface area contributed by atoms with Crippen LogP contribution in [0.25, 0.3) is 0 Å². The van der Waals surface area contributed by atoms with Crippen LogP contribution in [0.5, 0.6) is 0 Å². The van der Waals surface area contributed by atoms with E-state index in [0.717, 1.165) is 18.8 Å². The lowest BCUT2D eigenvalue weighted by Gasteiger charge is -2.46. The third kappa shape index (κ3) is 3.73. The van der Waals surface area contributed by atoms with Crippen molar-refractivity contribution < 1.29 is 13.6 Å². The van der Waals surface area contributed by atoms with Gasteiger partial charge in [0.05, 0.1) is 17.8 Å². The van der Waals surface area contributed by atoms with Crippen LogP contribution in [0.4, 0.5) is 19.4 Å². The highest BCUT2D eigenvalue weighted by Gasteiger charge is 2.45. The van der Waals surface area contributed by atoms with Gasteiger partial charge in [0.15, 0.2) is 0 Å². The quantitative estimate of drug-likeness (QED) is 0.723. The van der Waals surface area contributed by atoms with E-state index in [1.807, 2.05) is 29.8 Å². The normalized spacial score (nSPS) is 28.1. The molecule has 8 heteroatoms. The van der Waals surface area contributed by atoms with E-state index in [0.29, 0.717) is 32.7 Å². The van der Waals surface area contributed by atoms with Crippen molar-refractivity contribution in [1.29, 1.82) is 0 Å². The Morgan fingerprint density at radius 2 is 1.90 bits per heavy atom. The van der Waals surface area contributed by atoms with Gasteiger partial charge in [0.25, 0.3) is 0 Å². The van der Waals surface area contributed by atoms with E-state index >= 15 is 0 Å². The molecule has 0 spiro atoms. The van der Waals surface area contributed by atoms with E-state index in [-0.39, 0.29) is 23.7 Å². The number of fused-ring (bicyclic) bond motifs is 1. The predicted octanol–water partition coefficient (Wildman–Crippen LogP) is 2.65. The lowest BCUT2D eigenvalue weighted by Crippen LogP contribution is -2.61. The molecule has 156 valence electrons. The minimum absolute atomic E-state index is 0.0106. The molecule has 2 aliphatic heterocycles. The molecule has 3 aliphatic rings. The summed E-state index contributed by atoms with van der Waals surface area (Å²) in [5.74, 6) is 0.103. The molecular formula is C21H27F2N5O. The van der Waals surface area contributed by atoms with Crippen LogP contribution >= 0.6 is 0 Å². The second kappa shape index (κ2) is 7.74. The number of aromatic nitrogens is 1. The molecule has 1 aliphatic carbocycles. The zero-order valence-corrected chi connectivity index (χ0v) is 16.9. The Labute approximate surface area is 170 Å². The number of amides is 2. The van der Waals surface area contributed by atoms with Gasteiger partial charge < -0.3 is 14.7 Å². The summed E-state index contributed by atoms with van der Waals surface area (Å²) in [4.78, 5) is 25.4. The zero-order chi connectivity index (χ0) is 20.6. The molecule has 2 unspecified atom stereocenters. The number of hydrogen-bond acceptors (Lipinski definition) is 4. The molecule has 29 heavy (non-hydrogen) atoms. The molecule has 3 heterocycles. The standard InChI is InChI=1S/C21H27F2N5O/c1-21-14-16(22)4-6-18(21)28(9-3-8-25(21)2)20(29)27-12-10-26(11-13-27)19-7-5-17(23)15-24-19/h4-7,14-15,18H,3,8-13H2,1-2H3. The molecule has 0 N–H and O–H groups in total. The van der Waals surface area contributed by atoms with E-state index < -0.39 is 5.54 Å². The average molecular weight is 403 g/mol. The fourth-order valence-electron chi connectivity index (χ4n) is 4.48. The molecule has 2 atom stereocenters. The van der Waals surface area contributed by atoms with Crippen molar-refractivity contribution in [2.24, 2.45) is 0 Å². The Morgan fingerprint density at radius 1 is 1.14 bits per heavy atom. The highest BCUT2D eigenvalue weighted by Crippen LogP contribution is 2.34. The predicted molar refractivity (Wildman–Crippen MR) is 108 cm³/mol. The number of pyridine rings is 1. The second-order valence-corrected chi connectivity index (χ2v) is 8.12. The summed E-state index contributed by atoms with van der Waals surface area (Å²) in [6, 6.07) is 2.84. The van der Waals surface area contributed by atoms with Gasteiger partial charge in [-0.2, -0.15) is 0 Å². The van der Waals surface area contributed by atoms with Crippen molar-refractivity contribution in [2.45, 2.75) is 24.9 Å². The molecule has 0 radical (unpaired) electrons. The molecular weight excluding hydrogens is 376 g/mol. The van der Waals surface area contributed by atoms with Crippen LogP contribution in [-0.2, 0) is 0 Å². The Bertz CT molecular complexity index is 819. The summed E-state index contributed by atoms with van der Waals surface area (Å²) in [5, 5.41) is 0. The van der Waals surface area contributed by atoms with Crippen LogP contribution in [0.15, 0.2) is 42.4 Å². The first-order chi connectivity index (χ1) is 13.9. The third-order valence-electron chi connectivity index (χ3n) is 6.35. The third-order valence-corrected chi connectivity index (χ3v) is 6.35. The fourth-order valence-corrected chi connectivity index (χ4v) is 4.48. The molecule has 2 saturated heterocycles. The first-order valence-electron chi connectivity index (χ1n) is 10.1. The topological polar surface area (TPSA) is 42.9 Å². The Balaban J connectivity index is 1.47. The average Bonchev–Trinajstić information content (AvgIpc) is 2.84. The number of hydrogen-bond donors (Lipinski definition) is 0. The molecule has 4 rings (SSSR count). The minimum Gasteiger partial charge on any atom is -0.353 e. The van der Waals surface area contributed by atoms with Gasteiger partial charge in [-0.25, -0.2) is 18.6 Å². The summed E-state index contributed by atoms with van der Waals surface area (Å²) in [5.41, 5.74) is -0.565. The van der Waals surface area contributed by atoms with E-state index in [1.165, 1.54) is 18.3 Å². The van der Waals surface area contributed by atoms with Crippen molar-refractivity contribution >= 4 is 11.8 Å². The lowest BCUT2D eigenvalue weighted by molar-refractivity contribution is 0.0995.